The van der Waals surface area contributed by atoms with Gasteiger partial charge in [-0.1, -0.05) is 29.5 Å². The van der Waals surface area contributed by atoms with E-state index in [1.165, 1.54) is 28.7 Å². The van der Waals surface area contributed by atoms with Crippen LogP contribution in [0.4, 0.5) is 5.00 Å². The molecular formula is C23H26N4O4S2. The number of benzene rings is 1. The van der Waals surface area contributed by atoms with Crippen molar-refractivity contribution in [1.82, 2.24) is 14.8 Å². The molecule has 0 fully saturated rings. The molecule has 0 saturated heterocycles. The molecule has 0 saturated carbocycles. The van der Waals surface area contributed by atoms with Crippen molar-refractivity contribution in [3.05, 3.63) is 51.7 Å². The first kappa shape index (κ1) is 23.3. The van der Waals surface area contributed by atoms with Crippen LogP contribution in [0, 0.1) is 6.92 Å². The van der Waals surface area contributed by atoms with E-state index in [-0.39, 0.29) is 24.2 Å². The Balaban J connectivity index is 1.35. The van der Waals surface area contributed by atoms with Crippen LogP contribution in [0.5, 0.6) is 5.75 Å². The Labute approximate surface area is 200 Å². The summed E-state index contributed by atoms with van der Waals surface area (Å²) >= 11 is 2.76. The van der Waals surface area contributed by atoms with Crippen LogP contribution < -0.4 is 10.1 Å². The molecule has 0 aliphatic heterocycles. The highest BCUT2D eigenvalue weighted by molar-refractivity contribution is 7.99. The number of anilines is 1. The Hall–Kier alpha value is -2.85. The molecule has 2 aromatic heterocycles. The van der Waals surface area contributed by atoms with Crippen LogP contribution in [0.1, 0.15) is 45.5 Å². The van der Waals surface area contributed by atoms with Gasteiger partial charge in [0, 0.05) is 11.9 Å². The van der Waals surface area contributed by atoms with Gasteiger partial charge in [-0.2, -0.15) is 0 Å². The Morgan fingerprint density at radius 2 is 2.00 bits per heavy atom. The third kappa shape index (κ3) is 5.39. The quantitative estimate of drug-likeness (QED) is 0.358. The van der Waals surface area contributed by atoms with Crippen LogP contribution >= 0.6 is 23.1 Å². The molecule has 1 amide bonds. The zero-order valence-electron chi connectivity index (χ0n) is 18.8. The van der Waals surface area contributed by atoms with Gasteiger partial charge >= 0.3 is 5.97 Å². The van der Waals surface area contributed by atoms with Crippen LogP contribution in [0.25, 0.3) is 0 Å². The molecule has 4 rings (SSSR count). The van der Waals surface area contributed by atoms with Gasteiger partial charge in [-0.15, -0.1) is 21.5 Å². The summed E-state index contributed by atoms with van der Waals surface area (Å²) in [7, 11) is 1.84. The normalized spacial score (nSPS) is 12.5. The number of esters is 1. The number of thiophene rings is 1. The first-order valence-corrected chi connectivity index (χ1v) is 12.6. The van der Waals surface area contributed by atoms with Crippen molar-refractivity contribution in [1.29, 1.82) is 0 Å². The fourth-order valence-corrected chi connectivity index (χ4v) is 5.61. The minimum Gasteiger partial charge on any atom is -0.486 e. The van der Waals surface area contributed by atoms with Crippen LogP contribution in [0.15, 0.2) is 29.4 Å². The highest BCUT2D eigenvalue weighted by atomic mass is 32.2. The van der Waals surface area contributed by atoms with Gasteiger partial charge in [-0.05, 0) is 50.8 Å². The van der Waals surface area contributed by atoms with Gasteiger partial charge in [0.1, 0.15) is 17.4 Å². The summed E-state index contributed by atoms with van der Waals surface area (Å²) < 4.78 is 12.8. The third-order valence-electron chi connectivity index (χ3n) is 5.30. The maximum Gasteiger partial charge on any atom is 0.341 e. The van der Waals surface area contributed by atoms with Crippen molar-refractivity contribution >= 4 is 40.0 Å². The molecule has 0 spiro atoms. The number of aromatic nitrogens is 3. The van der Waals surface area contributed by atoms with E-state index >= 15 is 0 Å². The molecule has 0 bridgehead atoms. The lowest BCUT2D eigenvalue weighted by atomic mass is 10.1. The topological polar surface area (TPSA) is 95.3 Å². The number of hydrogen-bond donors (Lipinski definition) is 1. The van der Waals surface area contributed by atoms with Crippen molar-refractivity contribution in [3.8, 4) is 5.75 Å². The molecular weight excluding hydrogens is 460 g/mol. The molecule has 0 radical (unpaired) electrons. The zero-order valence-corrected chi connectivity index (χ0v) is 20.5. The van der Waals surface area contributed by atoms with Gasteiger partial charge < -0.3 is 19.4 Å². The number of rotatable bonds is 9. The molecule has 3 aromatic rings. The molecule has 174 valence electrons. The van der Waals surface area contributed by atoms with Crippen LogP contribution in [0.2, 0.25) is 0 Å². The number of thioether (sulfide) groups is 1. The van der Waals surface area contributed by atoms with Gasteiger partial charge in [0.2, 0.25) is 5.91 Å². The summed E-state index contributed by atoms with van der Waals surface area (Å²) in [5, 5.41) is 12.5. The largest absolute Gasteiger partial charge is 0.486 e. The number of carbonyl (C=O) groups excluding carboxylic acids is 2. The second-order valence-electron chi connectivity index (χ2n) is 7.68. The first-order valence-electron chi connectivity index (χ1n) is 10.8. The highest BCUT2D eigenvalue weighted by Crippen LogP contribution is 2.39. The van der Waals surface area contributed by atoms with Gasteiger partial charge in [0.25, 0.3) is 0 Å². The molecule has 0 atom stereocenters. The van der Waals surface area contributed by atoms with E-state index in [0.717, 1.165) is 35.5 Å². The molecule has 1 aliphatic carbocycles. The molecule has 8 nitrogen and oxygen atoms in total. The van der Waals surface area contributed by atoms with Crippen molar-refractivity contribution in [2.24, 2.45) is 7.05 Å². The molecule has 1 N–H and O–H groups in total. The van der Waals surface area contributed by atoms with Crippen molar-refractivity contribution in [2.75, 3.05) is 17.7 Å². The predicted octanol–water partition coefficient (Wildman–Crippen LogP) is 4.16. The summed E-state index contributed by atoms with van der Waals surface area (Å²) in [6.45, 7) is 4.38. The Morgan fingerprint density at radius 1 is 1.21 bits per heavy atom. The van der Waals surface area contributed by atoms with Crippen molar-refractivity contribution in [2.45, 2.75) is 44.9 Å². The number of ether oxygens (including phenoxy) is 2. The highest BCUT2D eigenvalue weighted by Gasteiger charge is 2.28. The zero-order chi connectivity index (χ0) is 23.4. The third-order valence-corrected chi connectivity index (χ3v) is 7.53. The maximum atomic E-state index is 12.6. The van der Waals surface area contributed by atoms with E-state index < -0.39 is 0 Å². The number of nitrogens with one attached hydrogen (secondary N) is 1. The van der Waals surface area contributed by atoms with E-state index in [4.69, 9.17) is 9.47 Å². The van der Waals surface area contributed by atoms with Crippen molar-refractivity contribution < 1.29 is 19.1 Å². The van der Waals surface area contributed by atoms with Crippen molar-refractivity contribution in [3.63, 3.8) is 0 Å². The summed E-state index contributed by atoms with van der Waals surface area (Å²) in [5.41, 5.74) is 2.70. The average molecular weight is 487 g/mol. The monoisotopic (exact) mass is 486 g/mol. The minimum atomic E-state index is -0.369. The summed E-state index contributed by atoms with van der Waals surface area (Å²) in [6.07, 6.45) is 2.81. The number of carbonyl (C=O) groups is 2. The summed E-state index contributed by atoms with van der Waals surface area (Å²) in [5.74, 6) is 1.00. The second-order valence-corrected chi connectivity index (χ2v) is 9.73. The van der Waals surface area contributed by atoms with E-state index in [2.05, 4.69) is 15.5 Å². The molecule has 33 heavy (non-hydrogen) atoms. The number of fused-ring (bicyclic) bond motifs is 1. The molecule has 2 heterocycles. The van der Waals surface area contributed by atoms with Gasteiger partial charge in [0.15, 0.2) is 11.0 Å². The van der Waals surface area contributed by atoms with Gasteiger partial charge in [0.05, 0.1) is 17.9 Å². The average Bonchev–Trinajstić information content (AvgIpc) is 3.47. The van der Waals surface area contributed by atoms with E-state index in [1.807, 2.05) is 42.8 Å². The smallest absolute Gasteiger partial charge is 0.341 e. The van der Waals surface area contributed by atoms with E-state index in [9.17, 15) is 9.59 Å². The summed E-state index contributed by atoms with van der Waals surface area (Å²) in [6, 6.07) is 7.80. The predicted molar refractivity (Wildman–Crippen MR) is 128 cm³/mol. The fraction of sp³-hybridized carbons (Fsp3) is 0.391. The number of hydrogen-bond acceptors (Lipinski definition) is 8. The molecule has 1 aliphatic rings. The number of amides is 1. The minimum absolute atomic E-state index is 0.148. The van der Waals surface area contributed by atoms with Gasteiger partial charge in [-0.25, -0.2) is 4.79 Å². The lowest BCUT2D eigenvalue weighted by Gasteiger charge is -2.08. The lowest BCUT2D eigenvalue weighted by Crippen LogP contribution is -2.17. The Bertz CT molecular complexity index is 1150. The Kier molecular flexibility index (Phi) is 7.34. The van der Waals surface area contributed by atoms with Crippen LogP contribution in [-0.4, -0.2) is 39.0 Å². The van der Waals surface area contributed by atoms with Crippen LogP contribution in [-0.2, 0) is 36.0 Å². The molecule has 10 heteroatoms. The van der Waals surface area contributed by atoms with Crippen LogP contribution in [0.3, 0.4) is 0 Å². The first-order chi connectivity index (χ1) is 16.0. The molecule has 1 aromatic carbocycles. The number of aryl methyl sites for hydroxylation is 2. The standard InChI is InChI=1S/C23H26N4O4S2/c1-4-30-22(29)20-16-6-5-7-17(16)33-21(20)24-19(28)13-32-23-26-25-18(27(23)3)12-31-15-10-8-14(2)9-11-15/h8-11H,4-7,12-13H2,1-3H3,(H,24,28). The van der Waals surface area contributed by atoms with Gasteiger partial charge in [-0.3, -0.25) is 4.79 Å². The fourth-order valence-electron chi connectivity index (χ4n) is 3.58. The summed E-state index contributed by atoms with van der Waals surface area (Å²) in [4.78, 5) is 26.3. The Morgan fingerprint density at radius 3 is 2.76 bits per heavy atom. The lowest BCUT2D eigenvalue weighted by molar-refractivity contribution is -0.113. The number of nitrogens with zero attached hydrogens (tertiary/aromatic N) is 3. The maximum absolute atomic E-state index is 12.6. The molecule has 0 unspecified atom stereocenters. The SMILES string of the molecule is CCOC(=O)c1c(NC(=O)CSc2nnc(COc3ccc(C)cc3)n2C)sc2c1CCC2. The second kappa shape index (κ2) is 10.4. The van der Waals surface area contributed by atoms with E-state index in [1.54, 1.807) is 6.92 Å². The van der Waals surface area contributed by atoms with E-state index in [0.29, 0.717) is 28.2 Å².